The van der Waals surface area contributed by atoms with Crippen molar-refractivity contribution in [2.45, 2.75) is 348 Å². The number of esters is 13. The zero-order valence-corrected chi connectivity index (χ0v) is 62.7. The summed E-state index contributed by atoms with van der Waals surface area (Å²) in [5.74, 6) is -11.8. The summed E-state index contributed by atoms with van der Waals surface area (Å²) < 4.78 is 140. The van der Waals surface area contributed by atoms with E-state index < -0.39 is 238 Å². The monoisotopic (exact) mass is 1510 g/mol. The second-order valence-electron chi connectivity index (χ2n) is 26.0. The molecular weight excluding hydrogens is 1400 g/mol. The van der Waals surface area contributed by atoms with Crippen LogP contribution < -0.4 is 0 Å². The first-order valence-electron chi connectivity index (χ1n) is 35.1. The molecule has 0 aromatic rings. The van der Waals surface area contributed by atoms with E-state index in [4.69, 9.17) is 109 Å². The first-order valence-corrected chi connectivity index (χ1v) is 35.1. The average Bonchev–Trinajstić information content (AvgIpc) is 0.767. The molecule has 0 aromatic carbocycles. The highest BCUT2D eigenvalue weighted by Gasteiger charge is 2.61. The molecule has 0 bridgehead atoms. The predicted octanol–water partition coefficient (Wildman–Crippen LogP) is 3.91. The highest BCUT2D eigenvalue weighted by Crippen LogP contribution is 2.41. The molecule has 5 heterocycles. The Bertz CT molecular complexity index is 2940. The lowest BCUT2D eigenvalue weighted by atomic mass is 9.95. The third-order valence-electron chi connectivity index (χ3n) is 17.0. The minimum atomic E-state index is -2.18. The molecule has 0 spiro atoms. The molecule has 0 amide bonds. The largest absolute Gasteiger partial charge is 0.469 e. The molecule has 0 saturated carbocycles. The highest BCUT2D eigenvalue weighted by molar-refractivity contribution is 5.71. The lowest BCUT2D eigenvalue weighted by molar-refractivity contribution is -0.398. The van der Waals surface area contributed by atoms with Crippen LogP contribution in [-0.2, 0) is 171 Å². The van der Waals surface area contributed by atoms with Gasteiger partial charge in [0.25, 0.3) is 0 Å². The van der Waals surface area contributed by atoms with Crippen molar-refractivity contribution in [1.29, 1.82) is 0 Å². The molecule has 36 heteroatoms. The van der Waals surface area contributed by atoms with Crippen LogP contribution >= 0.6 is 0 Å². The number of methoxy groups -OCH3 is 1. The number of hydrogen-bond donors (Lipinski definition) is 0. The zero-order chi connectivity index (χ0) is 78.3. The van der Waals surface area contributed by atoms with Gasteiger partial charge in [-0.3, -0.25) is 62.3 Å². The first-order chi connectivity index (χ1) is 49.4. The van der Waals surface area contributed by atoms with Crippen molar-refractivity contribution in [2.24, 2.45) is 0 Å². The normalized spacial score (nSPS) is 33.3. The SMILES string of the molecule is CCC[C@@H](CCCCCCCCCC(=O)OC)O[C@@H]1O[C@H](C)[C@@H](OC(C)=O)[C@H](OC(C)=O)[C@H]1O[C@@H]1O[C@H](CO[C@@H]2O[C@H](C)[C@@H](OC(C)=O)[C@H](OC(C)=O)[C@H]2O[C@@H]2O[C@@H](C)[C@H](OC(C)=O)[C@@H](OC(C)=O)[C@H]2OC(C)=O)[C@@H](OC(C)=O)[C@H](OC(C)=O)[C@H]1O[C@@H]1O[C@@H](C)[C@H](OC(C)=O)[C@@H](OC(C)=O)[C@H]1OC(C)=O. The van der Waals surface area contributed by atoms with Crippen molar-refractivity contribution >= 4 is 77.6 Å². The Labute approximate surface area is 608 Å². The fourth-order valence-electron chi connectivity index (χ4n) is 13.0. The lowest BCUT2D eigenvalue weighted by Gasteiger charge is -2.51. The summed E-state index contributed by atoms with van der Waals surface area (Å²) in [6.45, 7) is 19.0. The molecule has 0 unspecified atom stereocenters. The third kappa shape index (κ3) is 27.2. The number of carbonyl (C=O) groups excluding carboxylic acids is 13. The molecule has 596 valence electrons. The van der Waals surface area contributed by atoms with Crippen molar-refractivity contribution in [3.63, 3.8) is 0 Å². The van der Waals surface area contributed by atoms with Crippen LogP contribution in [0.15, 0.2) is 0 Å². The Hall–Kier alpha value is -7.29. The van der Waals surface area contributed by atoms with Crippen molar-refractivity contribution in [3.8, 4) is 0 Å². The van der Waals surface area contributed by atoms with Gasteiger partial charge >= 0.3 is 77.6 Å². The topological polar surface area (TPSA) is 434 Å². The van der Waals surface area contributed by atoms with E-state index in [0.29, 0.717) is 38.5 Å². The van der Waals surface area contributed by atoms with Crippen LogP contribution in [0.1, 0.15) is 188 Å². The Balaban J connectivity index is 1.76. The molecular formula is C69H104O36. The van der Waals surface area contributed by atoms with Gasteiger partial charge in [0.1, 0.15) is 6.10 Å². The summed E-state index contributed by atoms with van der Waals surface area (Å²) >= 11 is 0. The molecule has 26 atom stereocenters. The quantitative estimate of drug-likeness (QED) is 0.0493. The number of unbranched alkanes of at least 4 members (excludes halogenated alkanes) is 6. The van der Waals surface area contributed by atoms with E-state index in [1.54, 1.807) is 0 Å². The molecule has 5 saturated heterocycles. The van der Waals surface area contributed by atoms with Crippen LogP contribution in [0.2, 0.25) is 0 Å². The molecule has 0 aliphatic carbocycles. The van der Waals surface area contributed by atoms with Crippen LogP contribution in [0.25, 0.3) is 0 Å². The molecule has 0 aromatic heterocycles. The van der Waals surface area contributed by atoms with Gasteiger partial charge in [0.2, 0.25) is 0 Å². The maximum absolute atomic E-state index is 13.8. The van der Waals surface area contributed by atoms with Crippen molar-refractivity contribution in [2.75, 3.05) is 13.7 Å². The van der Waals surface area contributed by atoms with Crippen molar-refractivity contribution < 1.29 is 171 Å². The number of hydrogen-bond acceptors (Lipinski definition) is 36. The summed E-state index contributed by atoms with van der Waals surface area (Å²) in [5.41, 5.74) is 0. The van der Waals surface area contributed by atoms with Gasteiger partial charge in [-0.2, -0.15) is 0 Å². The fraction of sp³-hybridized carbons (Fsp3) is 0.812. The molecule has 36 nitrogen and oxygen atoms in total. The summed E-state index contributed by atoms with van der Waals surface area (Å²) in [6, 6.07) is 0. The Morgan fingerprint density at radius 2 is 0.562 bits per heavy atom. The minimum absolute atomic E-state index is 0.280. The Morgan fingerprint density at radius 1 is 0.295 bits per heavy atom. The Morgan fingerprint density at radius 3 is 0.914 bits per heavy atom. The second-order valence-corrected chi connectivity index (χ2v) is 26.0. The molecule has 5 aliphatic rings. The summed E-state index contributed by atoms with van der Waals surface area (Å²) in [7, 11) is 1.34. The molecule has 5 fully saturated rings. The predicted molar refractivity (Wildman–Crippen MR) is 347 cm³/mol. The van der Waals surface area contributed by atoms with E-state index in [0.717, 1.165) is 115 Å². The number of ether oxygens (including phenoxy) is 23. The molecule has 5 rings (SSSR count). The summed E-state index contributed by atoms with van der Waals surface area (Å²) in [5, 5.41) is 0. The minimum Gasteiger partial charge on any atom is -0.469 e. The van der Waals surface area contributed by atoms with Gasteiger partial charge < -0.3 is 109 Å². The number of rotatable bonds is 35. The molecule has 0 radical (unpaired) electrons. The number of carbonyl (C=O) groups is 13. The molecule has 105 heavy (non-hydrogen) atoms. The highest BCUT2D eigenvalue weighted by atomic mass is 16.8. The standard InChI is InChI=1S/C69H104O36/c1-19-27-47(28-25-23-21-20-22-24-26-29-49(82)83-18)101-66-63(58(97-43(14)78)53(32(3)86-66)92-38(9)73)105-69-64(104-68-62(100-46(17)81)57(96-42(13)77)52(34(5)88-68)91-37(8)72)59(98-44(15)79)54(93-39(10)74)48(102-69)30-84-65-60(55(94-40(11)75)50(31(2)85-65)89-35(6)70)103-67-61(99-45(16)80)56(95-41(12)76)51(33(4)87-67)90-36(7)71/h31-34,47-48,50-69H,19-30H2,1-18H3/t31-,32-,33+,34+,47+,48-,50-,51+,52+,53-,54-,55+,56-,57-,58+,59+,60-,61-,62-,63-,64-,65-,66+,67+,68+,69+/m1/s1. The lowest BCUT2D eigenvalue weighted by Crippen LogP contribution is -2.69. The van der Waals surface area contributed by atoms with E-state index in [1.165, 1.54) is 34.8 Å². The van der Waals surface area contributed by atoms with E-state index in [9.17, 15) is 62.3 Å². The molecule has 5 aliphatic heterocycles. The average molecular weight is 1510 g/mol. The van der Waals surface area contributed by atoms with Gasteiger partial charge in [-0.25, -0.2) is 0 Å². The first kappa shape index (κ1) is 88.3. The van der Waals surface area contributed by atoms with E-state index in [2.05, 4.69) is 0 Å². The van der Waals surface area contributed by atoms with Gasteiger partial charge in [0.15, 0.2) is 123 Å². The summed E-state index contributed by atoms with van der Waals surface area (Å²) in [4.78, 5) is 169. The van der Waals surface area contributed by atoms with E-state index >= 15 is 0 Å². The maximum atomic E-state index is 13.8. The van der Waals surface area contributed by atoms with Gasteiger partial charge in [0.05, 0.1) is 44.2 Å². The maximum Gasteiger partial charge on any atom is 0.305 e. The second kappa shape index (κ2) is 42.3. The van der Waals surface area contributed by atoms with Gasteiger partial charge in [-0.1, -0.05) is 51.9 Å². The van der Waals surface area contributed by atoms with Crippen molar-refractivity contribution in [3.05, 3.63) is 0 Å². The Kier molecular flexibility index (Phi) is 35.6. The van der Waals surface area contributed by atoms with Gasteiger partial charge in [-0.15, -0.1) is 0 Å². The van der Waals surface area contributed by atoms with Crippen molar-refractivity contribution in [1.82, 2.24) is 0 Å². The van der Waals surface area contributed by atoms with Crippen LogP contribution in [0, 0.1) is 0 Å². The van der Waals surface area contributed by atoms with Crippen LogP contribution in [-0.4, -0.2) is 251 Å². The summed E-state index contributed by atoms with van der Waals surface area (Å²) in [6.07, 6.45) is -36.2. The van der Waals surface area contributed by atoms with Crippen LogP contribution in [0.4, 0.5) is 0 Å². The third-order valence-corrected chi connectivity index (χ3v) is 17.0. The zero-order valence-electron chi connectivity index (χ0n) is 62.7. The van der Waals surface area contributed by atoms with Crippen LogP contribution in [0.5, 0.6) is 0 Å². The van der Waals surface area contributed by atoms with E-state index in [-0.39, 0.29) is 5.97 Å². The van der Waals surface area contributed by atoms with E-state index in [1.807, 2.05) is 6.92 Å². The van der Waals surface area contributed by atoms with Gasteiger partial charge in [0, 0.05) is 89.5 Å². The smallest absolute Gasteiger partial charge is 0.305 e. The van der Waals surface area contributed by atoms with Gasteiger partial charge in [-0.05, 0) is 47.0 Å². The fourth-order valence-corrected chi connectivity index (χ4v) is 13.0. The molecule has 0 N–H and O–H groups in total. The van der Waals surface area contributed by atoms with Crippen LogP contribution in [0.3, 0.4) is 0 Å².